The number of halogens is 2. The second kappa shape index (κ2) is 6.32. The minimum Gasteiger partial charge on any atom is -0.103 e. The van der Waals surface area contributed by atoms with Crippen molar-refractivity contribution in [1.29, 1.82) is 0 Å². The van der Waals surface area contributed by atoms with Crippen LogP contribution in [0.15, 0.2) is 12.7 Å². The highest BCUT2D eigenvalue weighted by Crippen LogP contribution is 2.16. The summed E-state index contributed by atoms with van der Waals surface area (Å²) in [4.78, 5) is 0. The molecule has 0 nitrogen and oxygen atoms in total. The van der Waals surface area contributed by atoms with E-state index < -0.39 is 0 Å². The Morgan fingerprint density at radius 2 is 2.12 bits per heavy atom. The van der Waals surface area contributed by atoms with Gasteiger partial charge in [0.25, 0.3) is 0 Å². The SMILES string of the molecule is C=CCCCC(I)I. The van der Waals surface area contributed by atoms with Crippen LogP contribution in [0.4, 0.5) is 0 Å². The van der Waals surface area contributed by atoms with E-state index in [0.29, 0.717) is 0 Å². The summed E-state index contributed by atoms with van der Waals surface area (Å²) < 4.78 is 0.796. The zero-order valence-electron chi connectivity index (χ0n) is 4.74. The van der Waals surface area contributed by atoms with E-state index in [0.717, 1.165) is 1.93 Å². The number of allylic oxidation sites excluding steroid dienone is 1. The van der Waals surface area contributed by atoms with Crippen LogP contribution in [0, 0.1) is 0 Å². The number of hydrogen-bond donors (Lipinski definition) is 0. The van der Waals surface area contributed by atoms with Crippen LogP contribution < -0.4 is 0 Å². The Morgan fingerprint density at radius 3 is 2.50 bits per heavy atom. The van der Waals surface area contributed by atoms with E-state index in [4.69, 9.17) is 0 Å². The minimum absolute atomic E-state index is 0.796. The lowest BCUT2D eigenvalue weighted by Gasteiger charge is -1.96. The van der Waals surface area contributed by atoms with Gasteiger partial charge in [-0.05, 0) is 19.3 Å². The quantitative estimate of drug-likeness (QED) is 0.319. The van der Waals surface area contributed by atoms with Crippen LogP contribution in [-0.4, -0.2) is 1.93 Å². The molecule has 0 aromatic heterocycles. The summed E-state index contributed by atoms with van der Waals surface area (Å²) in [5, 5.41) is 0. The van der Waals surface area contributed by atoms with Gasteiger partial charge in [-0.25, -0.2) is 0 Å². The second-order valence-corrected chi connectivity index (χ2v) is 7.00. The van der Waals surface area contributed by atoms with Gasteiger partial charge in [0, 0.05) is 0 Å². The van der Waals surface area contributed by atoms with Crippen LogP contribution in [0.5, 0.6) is 0 Å². The van der Waals surface area contributed by atoms with E-state index in [9.17, 15) is 0 Å². The summed E-state index contributed by atoms with van der Waals surface area (Å²) in [7, 11) is 0. The van der Waals surface area contributed by atoms with Crippen molar-refractivity contribution in [2.45, 2.75) is 21.2 Å². The molecule has 0 amide bonds. The summed E-state index contributed by atoms with van der Waals surface area (Å²) in [5.74, 6) is 0. The molecule has 0 saturated heterocycles. The molecule has 0 aromatic rings. The first-order valence-electron chi connectivity index (χ1n) is 2.66. The molecular formula is C6H10I2. The average Bonchev–Trinajstić information content (AvgIpc) is 1.66. The highest BCUT2D eigenvalue weighted by Gasteiger charge is 1.93. The third kappa shape index (κ3) is 7.20. The molecule has 0 fully saturated rings. The third-order valence-corrected chi connectivity index (χ3v) is 2.08. The van der Waals surface area contributed by atoms with Crippen molar-refractivity contribution < 1.29 is 0 Å². The van der Waals surface area contributed by atoms with Crippen molar-refractivity contribution in [1.82, 2.24) is 0 Å². The van der Waals surface area contributed by atoms with Crippen LogP contribution in [0.3, 0.4) is 0 Å². The van der Waals surface area contributed by atoms with Crippen LogP contribution >= 0.6 is 45.2 Å². The summed E-state index contributed by atoms with van der Waals surface area (Å²) >= 11 is 4.87. The van der Waals surface area contributed by atoms with E-state index in [2.05, 4.69) is 51.8 Å². The van der Waals surface area contributed by atoms with Crippen LogP contribution in [0.1, 0.15) is 19.3 Å². The molecule has 0 saturated carbocycles. The molecule has 0 spiro atoms. The molecule has 0 heterocycles. The van der Waals surface area contributed by atoms with Crippen LogP contribution in [-0.2, 0) is 0 Å². The fourth-order valence-electron chi connectivity index (χ4n) is 0.416. The number of alkyl halides is 2. The Labute approximate surface area is 78.4 Å². The first kappa shape index (κ1) is 9.20. The Hall–Kier alpha value is 1.20. The molecule has 48 valence electrons. The summed E-state index contributed by atoms with van der Waals surface area (Å²) in [6.45, 7) is 3.65. The van der Waals surface area contributed by atoms with Gasteiger partial charge in [-0.15, -0.1) is 6.58 Å². The van der Waals surface area contributed by atoms with Crippen molar-refractivity contribution in [2.24, 2.45) is 0 Å². The predicted molar refractivity (Wildman–Crippen MR) is 55.9 cm³/mol. The Morgan fingerprint density at radius 1 is 1.50 bits per heavy atom. The second-order valence-electron chi connectivity index (χ2n) is 1.61. The average molecular weight is 336 g/mol. The lowest BCUT2D eigenvalue weighted by Crippen LogP contribution is -1.81. The molecule has 0 N–H and O–H groups in total. The van der Waals surface area contributed by atoms with Crippen molar-refractivity contribution in [3.05, 3.63) is 12.7 Å². The lowest BCUT2D eigenvalue weighted by atomic mass is 10.2. The monoisotopic (exact) mass is 336 g/mol. The van der Waals surface area contributed by atoms with E-state index in [1.807, 2.05) is 6.08 Å². The summed E-state index contributed by atoms with van der Waals surface area (Å²) in [6.07, 6.45) is 5.76. The molecule has 0 unspecified atom stereocenters. The van der Waals surface area contributed by atoms with Gasteiger partial charge in [0.1, 0.15) is 0 Å². The molecule has 0 aliphatic carbocycles. The Bertz CT molecular complexity index is 59.5. The maximum absolute atomic E-state index is 3.65. The summed E-state index contributed by atoms with van der Waals surface area (Å²) in [6, 6.07) is 0. The Balaban J connectivity index is 2.81. The first-order valence-corrected chi connectivity index (χ1v) is 5.15. The molecule has 0 atom stereocenters. The van der Waals surface area contributed by atoms with Crippen LogP contribution in [0.25, 0.3) is 0 Å². The van der Waals surface area contributed by atoms with Gasteiger partial charge < -0.3 is 0 Å². The molecule has 0 radical (unpaired) electrons. The minimum atomic E-state index is 0.796. The van der Waals surface area contributed by atoms with Crippen molar-refractivity contribution in [3.63, 3.8) is 0 Å². The largest absolute Gasteiger partial charge is 0.103 e. The molecule has 2 heteroatoms. The molecule has 0 rings (SSSR count). The van der Waals surface area contributed by atoms with Crippen molar-refractivity contribution >= 4 is 45.2 Å². The van der Waals surface area contributed by atoms with Gasteiger partial charge in [-0.1, -0.05) is 51.3 Å². The van der Waals surface area contributed by atoms with Gasteiger partial charge >= 0.3 is 0 Å². The van der Waals surface area contributed by atoms with Gasteiger partial charge in [0.15, 0.2) is 0 Å². The maximum atomic E-state index is 3.65. The highest BCUT2D eigenvalue weighted by atomic mass is 127. The standard InChI is InChI=1S/C6H10I2/c1-2-3-4-5-6(7)8/h2,6H,1,3-5H2. The smallest absolute Gasteiger partial charge is 0.0626 e. The van der Waals surface area contributed by atoms with Gasteiger partial charge in [-0.2, -0.15) is 0 Å². The summed E-state index contributed by atoms with van der Waals surface area (Å²) in [5.41, 5.74) is 0. The van der Waals surface area contributed by atoms with Crippen LogP contribution in [0.2, 0.25) is 0 Å². The van der Waals surface area contributed by atoms with Crippen molar-refractivity contribution in [2.75, 3.05) is 0 Å². The third-order valence-electron chi connectivity index (χ3n) is 0.831. The van der Waals surface area contributed by atoms with Gasteiger partial charge in [0.05, 0.1) is 1.93 Å². The fourth-order valence-corrected chi connectivity index (χ4v) is 1.30. The van der Waals surface area contributed by atoms with E-state index in [1.54, 1.807) is 0 Å². The topological polar surface area (TPSA) is 0 Å². The van der Waals surface area contributed by atoms with E-state index in [-0.39, 0.29) is 0 Å². The molecule has 8 heavy (non-hydrogen) atoms. The lowest BCUT2D eigenvalue weighted by molar-refractivity contribution is 0.823. The van der Waals surface area contributed by atoms with E-state index in [1.165, 1.54) is 19.3 Å². The molecule has 0 aliphatic heterocycles. The molecule has 0 bridgehead atoms. The molecular weight excluding hydrogens is 326 g/mol. The fraction of sp³-hybridized carbons (Fsp3) is 0.667. The van der Waals surface area contributed by atoms with Crippen molar-refractivity contribution in [3.8, 4) is 0 Å². The zero-order valence-corrected chi connectivity index (χ0v) is 9.05. The number of rotatable bonds is 4. The normalized spacial score (nSPS) is 9.88. The molecule has 0 aliphatic rings. The maximum Gasteiger partial charge on any atom is 0.0626 e. The van der Waals surface area contributed by atoms with Gasteiger partial charge in [0.2, 0.25) is 0 Å². The van der Waals surface area contributed by atoms with E-state index >= 15 is 0 Å². The number of unbranched alkanes of at least 4 members (excludes halogenated alkanes) is 1. The first-order chi connectivity index (χ1) is 3.77. The molecule has 0 aromatic carbocycles. The van der Waals surface area contributed by atoms with Gasteiger partial charge in [-0.3, -0.25) is 0 Å². The zero-order chi connectivity index (χ0) is 6.41. The highest BCUT2D eigenvalue weighted by molar-refractivity contribution is 14.2. The Kier molecular flexibility index (Phi) is 7.27. The predicted octanol–water partition coefficient (Wildman–Crippen LogP) is 3.54. The number of hydrogen-bond acceptors (Lipinski definition) is 0.